The van der Waals surface area contributed by atoms with E-state index in [-0.39, 0.29) is 11.8 Å². The molecular formula is C13H24BrO4P. The fraction of sp³-hybridized carbons (Fsp3) is 0.846. The number of hydrogen-bond acceptors (Lipinski definition) is 4. The second-order valence-corrected chi connectivity index (χ2v) is 8.15. The van der Waals surface area contributed by atoms with Crippen LogP contribution in [0.15, 0.2) is 10.2 Å². The minimum absolute atomic E-state index is 0.278. The van der Waals surface area contributed by atoms with Crippen LogP contribution in [0.3, 0.4) is 0 Å². The van der Waals surface area contributed by atoms with Crippen LogP contribution >= 0.6 is 23.8 Å². The van der Waals surface area contributed by atoms with Gasteiger partial charge in [0.1, 0.15) is 5.76 Å². The van der Waals surface area contributed by atoms with E-state index in [1.807, 2.05) is 27.7 Å². The molecule has 0 bridgehead atoms. The molecule has 6 heteroatoms. The van der Waals surface area contributed by atoms with Crippen molar-refractivity contribution in [2.75, 3.05) is 13.2 Å². The highest BCUT2D eigenvalue weighted by Crippen LogP contribution is 2.54. The Morgan fingerprint density at radius 2 is 1.63 bits per heavy atom. The van der Waals surface area contributed by atoms with E-state index >= 15 is 0 Å². The number of rotatable bonds is 8. The van der Waals surface area contributed by atoms with E-state index in [2.05, 4.69) is 15.9 Å². The Morgan fingerprint density at radius 1 is 1.11 bits per heavy atom. The summed E-state index contributed by atoms with van der Waals surface area (Å²) in [6.07, 6.45) is 2.70. The average molecular weight is 355 g/mol. The van der Waals surface area contributed by atoms with Crippen LogP contribution in [-0.2, 0) is 18.1 Å². The lowest BCUT2D eigenvalue weighted by Gasteiger charge is -2.21. The molecule has 4 nitrogen and oxygen atoms in total. The summed E-state index contributed by atoms with van der Waals surface area (Å²) < 4.78 is 29.9. The first-order chi connectivity index (χ1) is 8.82. The van der Waals surface area contributed by atoms with Gasteiger partial charge in [0.15, 0.2) is 0 Å². The largest absolute Gasteiger partial charge is 0.529 e. The summed E-state index contributed by atoms with van der Waals surface area (Å²) in [4.78, 5) is 0. The quantitative estimate of drug-likeness (QED) is 0.558. The molecule has 1 aliphatic carbocycles. The number of halogens is 1. The zero-order valence-corrected chi connectivity index (χ0v) is 14.6. The molecule has 0 radical (unpaired) electrons. The molecule has 0 atom stereocenters. The lowest BCUT2D eigenvalue weighted by molar-refractivity contribution is 0.113. The molecule has 0 spiro atoms. The second kappa shape index (κ2) is 7.82. The molecule has 0 amide bonds. The van der Waals surface area contributed by atoms with Gasteiger partial charge < -0.3 is 4.52 Å². The maximum absolute atomic E-state index is 12.6. The summed E-state index contributed by atoms with van der Waals surface area (Å²) in [5, 5.41) is 0. The van der Waals surface area contributed by atoms with Crippen LogP contribution in [0.1, 0.15) is 47.0 Å². The molecule has 112 valence electrons. The Hall–Kier alpha value is 0.170. The van der Waals surface area contributed by atoms with E-state index in [4.69, 9.17) is 13.6 Å². The van der Waals surface area contributed by atoms with Crippen LogP contribution in [0.4, 0.5) is 0 Å². The van der Waals surface area contributed by atoms with Gasteiger partial charge in [-0.2, -0.15) is 0 Å². The van der Waals surface area contributed by atoms with Gasteiger partial charge in [-0.05, 0) is 24.7 Å². The van der Waals surface area contributed by atoms with Crippen molar-refractivity contribution >= 4 is 23.8 Å². The predicted molar refractivity (Wildman–Crippen MR) is 80.1 cm³/mol. The van der Waals surface area contributed by atoms with Crippen molar-refractivity contribution in [1.29, 1.82) is 0 Å². The van der Waals surface area contributed by atoms with Crippen molar-refractivity contribution in [2.24, 2.45) is 11.8 Å². The molecule has 0 heterocycles. The van der Waals surface area contributed by atoms with Crippen LogP contribution in [0.2, 0.25) is 0 Å². The van der Waals surface area contributed by atoms with E-state index in [9.17, 15) is 4.57 Å². The first-order valence-electron chi connectivity index (χ1n) is 6.78. The van der Waals surface area contributed by atoms with Crippen LogP contribution in [0.5, 0.6) is 0 Å². The molecule has 0 unspecified atom stereocenters. The van der Waals surface area contributed by atoms with Crippen molar-refractivity contribution in [3.05, 3.63) is 10.2 Å². The standard InChI is InChI=1S/C13H24BrO4P/c1-10(2)8-16-19(15,17-9-11(3)4)18-13-7-5-6-12(13)14/h10-11H,5-9H2,1-4H3. The summed E-state index contributed by atoms with van der Waals surface area (Å²) in [7, 11) is -3.50. The summed E-state index contributed by atoms with van der Waals surface area (Å²) >= 11 is 3.44. The molecular weight excluding hydrogens is 331 g/mol. The molecule has 0 fully saturated rings. The molecule has 0 aromatic rings. The smallest absolute Gasteiger partial charge is 0.408 e. The monoisotopic (exact) mass is 354 g/mol. The Labute approximate surface area is 124 Å². The van der Waals surface area contributed by atoms with Gasteiger partial charge >= 0.3 is 7.82 Å². The first-order valence-corrected chi connectivity index (χ1v) is 9.04. The Morgan fingerprint density at radius 3 is 2.00 bits per heavy atom. The maximum atomic E-state index is 12.6. The van der Waals surface area contributed by atoms with Crippen molar-refractivity contribution in [2.45, 2.75) is 47.0 Å². The molecule has 0 N–H and O–H groups in total. The minimum Gasteiger partial charge on any atom is -0.408 e. The molecule has 19 heavy (non-hydrogen) atoms. The van der Waals surface area contributed by atoms with Gasteiger partial charge in [0.05, 0.1) is 13.2 Å². The lowest BCUT2D eigenvalue weighted by Crippen LogP contribution is -2.08. The number of phosphoric ester groups is 1. The summed E-state index contributed by atoms with van der Waals surface area (Å²) in [6.45, 7) is 8.71. The summed E-state index contributed by atoms with van der Waals surface area (Å²) in [5.74, 6) is 1.26. The summed E-state index contributed by atoms with van der Waals surface area (Å²) in [6, 6.07) is 0. The van der Waals surface area contributed by atoms with Gasteiger partial charge in [-0.25, -0.2) is 4.57 Å². The van der Waals surface area contributed by atoms with Crippen molar-refractivity contribution in [3.8, 4) is 0 Å². The highest BCUT2D eigenvalue weighted by Gasteiger charge is 2.32. The van der Waals surface area contributed by atoms with Crippen LogP contribution in [0.25, 0.3) is 0 Å². The Bertz CT molecular complexity index is 350. The zero-order chi connectivity index (χ0) is 14.5. The van der Waals surface area contributed by atoms with Gasteiger partial charge in [0, 0.05) is 10.9 Å². The van der Waals surface area contributed by atoms with Crippen molar-refractivity contribution in [3.63, 3.8) is 0 Å². The molecule has 1 aliphatic rings. The van der Waals surface area contributed by atoms with Crippen LogP contribution in [0, 0.1) is 11.8 Å². The van der Waals surface area contributed by atoms with Gasteiger partial charge in [0.25, 0.3) is 0 Å². The first kappa shape index (κ1) is 17.2. The molecule has 1 rings (SSSR count). The SMILES string of the molecule is CC(C)COP(=O)(OCC(C)C)OC1=C(Br)CCC1. The number of phosphoric acid groups is 1. The zero-order valence-electron chi connectivity index (χ0n) is 12.1. The van der Waals surface area contributed by atoms with Crippen LogP contribution < -0.4 is 0 Å². The molecule has 0 aliphatic heterocycles. The third kappa shape index (κ3) is 6.44. The second-order valence-electron chi connectivity index (χ2n) is 5.60. The fourth-order valence-corrected chi connectivity index (χ4v) is 3.78. The molecule has 0 saturated heterocycles. The summed E-state index contributed by atoms with van der Waals surface area (Å²) in [5.41, 5.74) is 0. The highest BCUT2D eigenvalue weighted by atomic mass is 79.9. The fourth-order valence-electron chi connectivity index (χ4n) is 1.48. The van der Waals surface area contributed by atoms with Gasteiger partial charge in [-0.3, -0.25) is 9.05 Å². The van der Waals surface area contributed by atoms with Gasteiger partial charge in [0.2, 0.25) is 0 Å². The minimum atomic E-state index is -3.50. The highest BCUT2D eigenvalue weighted by molar-refractivity contribution is 9.11. The third-order valence-electron chi connectivity index (χ3n) is 2.46. The van der Waals surface area contributed by atoms with E-state index in [0.29, 0.717) is 19.0 Å². The Kier molecular flexibility index (Phi) is 7.09. The van der Waals surface area contributed by atoms with E-state index in [1.54, 1.807) is 0 Å². The van der Waals surface area contributed by atoms with E-state index in [0.717, 1.165) is 23.7 Å². The molecule has 0 aromatic carbocycles. The van der Waals surface area contributed by atoms with Crippen molar-refractivity contribution < 1.29 is 18.1 Å². The van der Waals surface area contributed by atoms with E-state index < -0.39 is 7.82 Å². The van der Waals surface area contributed by atoms with E-state index in [1.165, 1.54) is 0 Å². The number of allylic oxidation sites excluding steroid dienone is 2. The normalized spacial score (nSPS) is 16.8. The molecule has 0 aromatic heterocycles. The maximum Gasteiger partial charge on any atom is 0.529 e. The average Bonchev–Trinajstić information content (AvgIpc) is 2.70. The topological polar surface area (TPSA) is 44.8 Å². The lowest BCUT2D eigenvalue weighted by atomic mass is 10.2. The van der Waals surface area contributed by atoms with Gasteiger partial charge in [-0.15, -0.1) is 0 Å². The van der Waals surface area contributed by atoms with Crippen molar-refractivity contribution in [1.82, 2.24) is 0 Å². The van der Waals surface area contributed by atoms with Crippen LogP contribution in [-0.4, -0.2) is 13.2 Å². The van der Waals surface area contributed by atoms with Gasteiger partial charge in [-0.1, -0.05) is 43.6 Å². The number of hydrogen-bond donors (Lipinski definition) is 0. The molecule has 0 saturated carbocycles. The Balaban J connectivity index is 2.67. The third-order valence-corrected chi connectivity index (χ3v) is 4.67. The predicted octanol–water partition coefficient (Wildman–Crippen LogP) is 5.25.